The van der Waals surface area contributed by atoms with Gasteiger partial charge < -0.3 is 9.88 Å². The van der Waals surface area contributed by atoms with Crippen LogP contribution in [0.2, 0.25) is 0 Å². The number of amides is 1. The van der Waals surface area contributed by atoms with Gasteiger partial charge in [-0.05, 0) is 31.7 Å². The van der Waals surface area contributed by atoms with Gasteiger partial charge in [-0.25, -0.2) is 4.98 Å². The number of hydrogen-bond donors (Lipinski definition) is 1. The summed E-state index contributed by atoms with van der Waals surface area (Å²) in [5.41, 5.74) is 2.28. The average molecular weight is 297 g/mol. The van der Waals surface area contributed by atoms with Gasteiger partial charge in [0.05, 0.1) is 6.42 Å². The number of carbonyl (C=O) groups excluding carboxylic acids is 1. The molecule has 0 atom stereocenters. The van der Waals surface area contributed by atoms with Gasteiger partial charge in [-0.3, -0.25) is 4.79 Å². The summed E-state index contributed by atoms with van der Waals surface area (Å²) in [6.45, 7) is 2.76. The molecule has 3 rings (SSSR count). The molecule has 1 N–H and O–H groups in total. The fourth-order valence-corrected chi connectivity index (χ4v) is 2.98. The minimum Gasteiger partial charge on any atom is -0.355 e. The van der Waals surface area contributed by atoms with Gasteiger partial charge in [-0.1, -0.05) is 30.3 Å². The predicted molar refractivity (Wildman–Crippen MR) is 86.7 cm³/mol. The third-order valence-corrected chi connectivity index (χ3v) is 4.38. The lowest BCUT2D eigenvalue weighted by molar-refractivity contribution is -0.120. The maximum Gasteiger partial charge on any atom is 0.224 e. The topological polar surface area (TPSA) is 46.9 Å². The molecule has 1 heterocycles. The van der Waals surface area contributed by atoms with Crippen LogP contribution in [0.4, 0.5) is 0 Å². The molecule has 1 aliphatic rings. The van der Waals surface area contributed by atoms with Crippen LogP contribution in [0.5, 0.6) is 0 Å². The maximum atomic E-state index is 12.0. The SMILES string of the molecule is Cc1cnc(CCNC(=O)Cc2ccccc2)n1C1CCC1. The monoisotopic (exact) mass is 297 g/mol. The summed E-state index contributed by atoms with van der Waals surface area (Å²) in [6, 6.07) is 10.5. The third kappa shape index (κ3) is 3.38. The first-order valence-electron chi connectivity index (χ1n) is 8.07. The molecule has 0 bridgehead atoms. The lowest BCUT2D eigenvalue weighted by Crippen LogP contribution is -2.29. The minimum atomic E-state index is 0.0738. The van der Waals surface area contributed by atoms with E-state index in [0.29, 0.717) is 19.0 Å². The molecular formula is C18H23N3O. The Morgan fingerprint density at radius 2 is 2.09 bits per heavy atom. The van der Waals surface area contributed by atoms with Gasteiger partial charge in [0.1, 0.15) is 5.82 Å². The lowest BCUT2D eigenvalue weighted by atomic mass is 9.92. The second kappa shape index (κ2) is 6.77. The number of nitrogens with one attached hydrogen (secondary N) is 1. The van der Waals surface area contributed by atoms with Crippen molar-refractivity contribution in [3.05, 3.63) is 53.6 Å². The van der Waals surface area contributed by atoms with Crippen LogP contribution in [-0.2, 0) is 17.6 Å². The molecule has 1 saturated carbocycles. The highest BCUT2D eigenvalue weighted by atomic mass is 16.1. The predicted octanol–water partition coefficient (Wildman–Crippen LogP) is 2.82. The van der Waals surface area contributed by atoms with Gasteiger partial charge in [0, 0.05) is 30.9 Å². The summed E-state index contributed by atoms with van der Waals surface area (Å²) in [5, 5.41) is 3.00. The first-order chi connectivity index (χ1) is 10.7. The zero-order valence-electron chi connectivity index (χ0n) is 13.1. The Balaban J connectivity index is 1.50. The molecule has 116 valence electrons. The summed E-state index contributed by atoms with van der Waals surface area (Å²) in [6.07, 6.45) is 7.01. The van der Waals surface area contributed by atoms with Gasteiger partial charge in [-0.15, -0.1) is 0 Å². The first kappa shape index (κ1) is 14.8. The van der Waals surface area contributed by atoms with E-state index in [1.807, 2.05) is 36.5 Å². The molecule has 0 radical (unpaired) electrons. The highest BCUT2D eigenvalue weighted by molar-refractivity contribution is 5.78. The fourth-order valence-electron chi connectivity index (χ4n) is 2.98. The molecule has 4 nitrogen and oxygen atoms in total. The first-order valence-corrected chi connectivity index (χ1v) is 8.07. The van der Waals surface area contributed by atoms with Crippen molar-refractivity contribution in [2.24, 2.45) is 0 Å². The highest BCUT2D eigenvalue weighted by Gasteiger charge is 2.23. The van der Waals surface area contributed by atoms with E-state index in [0.717, 1.165) is 17.8 Å². The van der Waals surface area contributed by atoms with Gasteiger partial charge in [-0.2, -0.15) is 0 Å². The number of aryl methyl sites for hydroxylation is 1. The Hall–Kier alpha value is -2.10. The van der Waals surface area contributed by atoms with E-state index in [2.05, 4.69) is 21.8 Å². The number of carbonyl (C=O) groups is 1. The molecule has 4 heteroatoms. The van der Waals surface area contributed by atoms with Gasteiger partial charge in [0.15, 0.2) is 0 Å². The fraction of sp³-hybridized carbons (Fsp3) is 0.444. The van der Waals surface area contributed by atoms with Crippen LogP contribution in [0.3, 0.4) is 0 Å². The van der Waals surface area contributed by atoms with E-state index >= 15 is 0 Å². The van der Waals surface area contributed by atoms with Crippen LogP contribution in [0, 0.1) is 6.92 Å². The Morgan fingerprint density at radius 1 is 1.32 bits per heavy atom. The number of hydrogen-bond acceptors (Lipinski definition) is 2. The van der Waals surface area contributed by atoms with E-state index in [1.165, 1.54) is 25.0 Å². The van der Waals surface area contributed by atoms with E-state index in [-0.39, 0.29) is 5.91 Å². The quantitative estimate of drug-likeness (QED) is 0.891. The van der Waals surface area contributed by atoms with E-state index in [4.69, 9.17) is 0 Å². The van der Waals surface area contributed by atoms with Crippen LogP contribution in [0.1, 0.15) is 42.4 Å². The van der Waals surface area contributed by atoms with Crippen molar-refractivity contribution in [2.75, 3.05) is 6.54 Å². The highest BCUT2D eigenvalue weighted by Crippen LogP contribution is 2.33. The zero-order chi connectivity index (χ0) is 15.4. The second-order valence-corrected chi connectivity index (χ2v) is 6.03. The normalized spacial score (nSPS) is 14.6. The molecule has 2 aromatic rings. The van der Waals surface area contributed by atoms with E-state index < -0.39 is 0 Å². The minimum absolute atomic E-state index is 0.0738. The molecular weight excluding hydrogens is 274 g/mol. The van der Waals surface area contributed by atoms with Crippen LogP contribution in [0.25, 0.3) is 0 Å². The molecule has 1 amide bonds. The van der Waals surface area contributed by atoms with Crippen molar-refractivity contribution in [1.82, 2.24) is 14.9 Å². The Kier molecular flexibility index (Phi) is 4.56. The van der Waals surface area contributed by atoms with Crippen molar-refractivity contribution in [3.63, 3.8) is 0 Å². The molecule has 0 aliphatic heterocycles. The summed E-state index contributed by atoms with van der Waals surface area (Å²) >= 11 is 0. The molecule has 1 aromatic heterocycles. The van der Waals surface area contributed by atoms with Crippen LogP contribution >= 0.6 is 0 Å². The van der Waals surface area contributed by atoms with Crippen LogP contribution in [0.15, 0.2) is 36.5 Å². The van der Waals surface area contributed by atoms with Gasteiger partial charge >= 0.3 is 0 Å². The van der Waals surface area contributed by atoms with Gasteiger partial charge in [0.25, 0.3) is 0 Å². The summed E-state index contributed by atoms with van der Waals surface area (Å²) < 4.78 is 2.35. The Bertz CT molecular complexity index is 629. The second-order valence-electron chi connectivity index (χ2n) is 6.03. The van der Waals surface area contributed by atoms with Crippen molar-refractivity contribution in [2.45, 2.75) is 45.1 Å². The number of rotatable bonds is 6. The number of aromatic nitrogens is 2. The standard InChI is InChI=1S/C18H23N3O/c1-14-13-20-17(21(14)16-8-5-9-16)10-11-19-18(22)12-15-6-3-2-4-7-15/h2-4,6-7,13,16H,5,8-12H2,1H3,(H,19,22). The third-order valence-electron chi connectivity index (χ3n) is 4.38. The zero-order valence-corrected chi connectivity index (χ0v) is 13.1. The van der Waals surface area contributed by atoms with E-state index in [9.17, 15) is 4.79 Å². The number of nitrogens with zero attached hydrogens (tertiary/aromatic N) is 2. The molecule has 1 aromatic carbocycles. The van der Waals surface area contributed by atoms with Crippen molar-refractivity contribution in [3.8, 4) is 0 Å². The van der Waals surface area contributed by atoms with Crippen molar-refractivity contribution < 1.29 is 4.79 Å². The summed E-state index contributed by atoms with van der Waals surface area (Å²) in [7, 11) is 0. The van der Waals surface area contributed by atoms with Crippen LogP contribution < -0.4 is 5.32 Å². The van der Waals surface area contributed by atoms with Gasteiger partial charge in [0.2, 0.25) is 5.91 Å². The summed E-state index contributed by atoms with van der Waals surface area (Å²) in [5.74, 6) is 1.17. The van der Waals surface area contributed by atoms with E-state index in [1.54, 1.807) is 0 Å². The molecule has 22 heavy (non-hydrogen) atoms. The Morgan fingerprint density at radius 3 is 2.77 bits per heavy atom. The molecule has 0 saturated heterocycles. The number of imidazole rings is 1. The maximum absolute atomic E-state index is 12.0. The van der Waals surface area contributed by atoms with Crippen molar-refractivity contribution >= 4 is 5.91 Å². The molecule has 0 spiro atoms. The van der Waals surface area contributed by atoms with Crippen molar-refractivity contribution in [1.29, 1.82) is 0 Å². The molecule has 1 aliphatic carbocycles. The smallest absolute Gasteiger partial charge is 0.224 e. The largest absolute Gasteiger partial charge is 0.355 e. The molecule has 0 unspecified atom stereocenters. The van der Waals surface area contributed by atoms with Crippen LogP contribution in [-0.4, -0.2) is 22.0 Å². The number of benzene rings is 1. The average Bonchev–Trinajstić information content (AvgIpc) is 2.80. The lowest BCUT2D eigenvalue weighted by Gasteiger charge is -2.29. The Labute approximate surface area is 131 Å². The molecule has 1 fully saturated rings. The summed E-state index contributed by atoms with van der Waals surface area (Å²) in [4.78, 5) is 16.5.